The van der Waals surface area contributed by atoms with Crippen LogP contribution in [0.2, 0.25) is 0 Å². The molecule has 2 aliphatic heterocycles. The van der Waals surface area contributed by atoms with Crippen molar-refractivity contribution in [2.75, 3.05) is 20.3 Å². The van der Waals surface area contributed by atoms with E-state index in [1.807, 2.05) is 6.07 Å². The number of carbonyl (C=O) groups excluding carboxylic acids is 1. The summed E-state index contributed by atoms with van der Waals surface area (Å²) in [7, 11) is 1.40. The van der Waals surface area contributed by atoms with Crippen molar-refractivity contribution in [2.24, 2.45) is 17.8 Å². The molecule has 1 saturated carbocycles. The largest absolute Gasteiger partial charge is 0.468 e. The van der Waals surface area contributed by atoms with Gasteiger partial charge in [-0.15, -0.1) is 0 Å². The minimum Gasteiger partial charge on any atom is -0.468 e. The monoisotopic (exact) mass is 318 g/mol. The van der Waals surface area contributed by atoms with E-state index in [0.29, 0.717) is 12.5 Å². The fourth-order valence-electron chi connectivity index (χ4n) is 4.45. The van der Waals surface area contributed by atoms with Crippen LogP contribution in [-0.4, -0.2) is 46.8 Å². The number of methoxy groups -OCH3 is 1. The number of hydrogen-bond acceptors (Lipinski definition) is 5. The van der Waals surface area contributed by atoms with E-state index in [2.05, 4.69) is 4.90 Å². The van der Waals surface area contributed by atoms with Crippen molar-refractivity contribution in [3.8, 4) is 0 Å². The maximum atomic E-state index is 12.4. The van der Waals surface area contributed by atoms with Crippen LogP contribution in [0.15, 0.2) is 23.0 Å². The number of carbonyl (C=O) groups is 1. The van der Waals surface area contributed by atoms with Crippen molar-refractivity contribution in [2.45, 2.75) is 31.5 Å². The Bertz CT molecular complexity index is 681. The lowest BCUT2D eigenvalue weighted by molar-refractivity contribution is -0.148. The third-order valence-electron chi connectivity index (χ3n) is 5.67. The van der Waals surface area contributed by atoms with E-state index in [9.17, 15) is 14.7 Å². The molecule has 0 spiro atoms. The third kappa shape index (κ3) is 2.23. The lowest BCUT2D eigenvalue weighted by atomic mass is 9.88. The van der Waals surface area contributed by atoms with Gasteiger partial charge in [0.25, 0.3) is 5.56 Å². The standard InChI is InChI=1S/C17H22N2O4/c1-23-17(22)16-12(9-20)11-8-18-13(3-2-4-14(18)21)15(11)19(16)7-10-5-6-10/h2-4,10-12,15-16,20H,5-9H2,1H3/t11-,12-,15+,16-/m1/s1. The highest BCUT2D eigenvalue weighted by atomic mass is 16.5. The van der Waals surface area contributed by atoms with Crippen LogP contribution in [0.4, 0.5) is 0 Å². The first kappa shape index (κ1) is 14.9. The number of aliphatic hydroxyl groups excluding tert-OH is 1. The molecule has 0 amide bonds. The van der Waals surface area contributed by atoms with Gasteiger partial charge in [-0.1, -0.05) is 6.07 Å². The zero-order valence-electron chi connectivity index (χ0n) is 13.2. The highest BCUT2D eigenvalue weighted by molar-refractivity contribution is 5.77. The lowest BCUT2D eigenvalue weighted by Crippen LogP contribution is -2.44. The molecule has 6 nitrogen and oxygen atoms in total. The molecule has 124 valence electrons. The summed E-state index contributed by atoms with van der Waals surface area (Å²) in [5.41, 5.74) is 0.961. The van der Waals surface area contributed by atoms with Crippen molar-refractivity contribution < 1.29 is 14.6 Å². The molecular formula is C17H22N2O4. The van der Waals surface area contributed by atoms with Crippen LogP contribution in [0.5, 0.6) is 0 Å². The minimum atomic E-state index is -0.412. The molecule has 2 fully saturated rings. The number of nitrogens with zero attached hydrogens (tertiary/aromatic N) is 2. The SMILES string of the molecule is COC(=O)[C@H]1[C@H](CO)[C@H]2Cn3c(cccc3=O)[C@H]2N1CC1CC1. The molecule has 1 N–H and O–H groups in total. The Balaban J connectivity index is 1.77. The van der Waals surface area contributed by atoms with Crippen molar-refractivity contribution >= 4 is 5.97 Å². The number of pyridine rings is 1. The van der Waals surface area contributed by atoms with Gasteiger partial charge in [-0.05, 0) is 24.8 Å². The van der Waals surface area contributed by atoms with Gasteiger partial charge in [-0.3, -0.25) is 14.5 Å². The van der Waals surface area contributed by atoms with Gasteiger partial charge in [0.05, 0.1) is 13.2 Å². The van der Waals surface area contributed by atoms with Gasteiger partial charge in [0.15, 0.2) is 0 Å². The number of esters is 1. The quantitative estimate of drug-likeness (QED) is 0.814. The first-order valence-corrected chi connectivity index (χ1v) is 8.30. The number of fused-ring (bicyclic) bond motifs is 3. The van der Waals surface area contributed by atoms with Gasteiger partial charge >= 0.3 is 5.97 Å². The number of aliphatic hydroxyl groups is 1. The second-order valence-electron chi connectivity index (χ2n) is 6.96. The smallest absolute Gasteiger partial charge is 0.323 e. The number of aromatic nitrogens is 1. The summed E-state index contributed by atoms with van der Waals surface area (Å²) in [5, 5.41) is 9.92. The molecule has 0 radical (unpaired) electrons. The fourth-order valence-corrected chi connectivity index (χ4v) is 4.45. The van der Waals surface area contributed by atoms with Crippen LogP contribution in [0, 0.1) is 17.8 Å². The maximum Gasteiger partial charge on any atom is 0.323 e. The average Bonchev–Trinajstić information content (AvgIpc) is 3.20. The first-order chi connectivity index (χ1) is 11.2. The van der Waals surface area contributed by atoms with E-state index in [4.69, 9.17) is 4.74 Å². The number of likely N-dealkylation sites (tertiary alicyclic amines) is 1. The van der Waals surface area contributed by atoms with Gasteiger partial charge < -0.3 is 14.4 Å². The van der Waals surface area contributed by atoms with Gasteiger partial charge in [0.2, 0.25) is 0 Å². The normalized spacial score (nSPS) is 32.6. The van der Waals surface area contributed by atoms with E-state index in [1.165, 1.54) is 20.0 Å². The number of ether oxygens (including phenoxy) is 1. The molecule has 0 aromatic carbocycles. The molecule has 3 aliphatic rings. The maximum absolute atomic E-state index is 12.4. The highest BCUT2D eigenvalue weighted by Crippen LogP contribution is 2.50. The van der Waals surface area contributed by atoms with E-state index < -0.39 is 6.04 Å². The lowest BCUT2D eigenvalue weighted by Gasteiger charge is -2.29. The molecular weight excluding hydrogens is 296 g/mol. The van der Waals surface area contributed by atoms with Crippen LogP contribution >= 0.6 is 0 Å². The molecule has 6 heteroatoms. The molecule has 0 unspecified atom stereocenters. The third-order valence-corrected chi connectivity index (χ3v) is 5.67. The molecule has 1 saturated heterocycles. The Hall–Kier alpha value is -1.66. The molecule has 1 aromatic heterocycles. The minimum absolute atomic E-state index is 0.00502. The van der Waals surface area contributed by atoms with E-state index in [0.717, 1.165) is 12.2 Å². The van der Waals surface area contributed by atoms with E-state index in [-0.39, 0.29) is 36.0 Å². The van der Waals surface area contributed by atoms with Crippen LogP contribution in [-0.2, 0) is 16.1 Å². The Labute approximate surface area is 134 Å². The Morgan fingerprint density at radius 2 is 2.17 bits per heavy atom. The zero-order chi connectivity index (χ0) is 16.1. The summed E-state index contributed by atoms with van der Waals surface area (Å²) in [6.45, 7) is 1.34. The Kier molecular flexibility index (Phi) is 3.54. The molecule has 23 heavy (non-hydrogen) atoms. The summed E-state index contributed by atoms with van der Waals surface area (Å²) < 4.78 is 6.81. The van der Waals surface area contributed by atoms with Crippen LogP contribution < -0.4 is 5.56 Å². The van der Waals surface area contributed by atoms with Crippen LogP contribution in [0.25, 0.3) is 0 Å². The van der Waals surface area contributed by atoms with Gasteiger partial charge in [-0.25, -0.2) is 0 Å². The molecule has 4 atom stereocenters. The summed E-state index contributed by atoms with van der Waals surface area (Å²) in [6.07, 6.45) is 2.38. The van der Waals surface area contributed by atoms with Gasteiger partial charge in [0, 0.05) is 43.3 Å². The molecule has 1 aromatic rings. The Morgan fingerprint density at radius 3 is 2.83 bits per heavy atom. The summed E-state index contributed by atoms with van der Waals surface area (Å²) in [6, 6.07) is 4.93. The fraction of sp³-hybridized carbons (Fsp3) is 0.647. The molecule has 3 heterocycles. The summed E-state index contributed by atoms with van der Waals surface area (Å²) in [5.74, 6) is 0.233. The van der Waals surface area contributed by atoms with E-state index in [1.54, 1.807) is 16.7 Å². The summed E-state index contributed by atoms with van der Waals surface area (Å²) >= 11 is 0. The van der Waals surface area contributed by atoms with Crippen molar-refractivity contribution in [1.82, 2.24) is 9.47 Å². The topological polar surface area (TPSA) is 71.8 Å². The average molecular weight is 318 g/mol. The number of rotatable bonds is 4. The van der Waals surface area contributed by atoms with Crippen molar-refractivity contribution in [3.05, 3.63) is 34.2 Å². The summed E-state index contributed by atoms with van der Waals surface area (Å²) in [4.78, 5) is 26.7. The first-order valence-electron chi connectivity index (χ1n) is 8.30. The molecule has 0 bridgehead atoms. The zero-order valence-corrected chi connectivity index (χ0v) is 13.2. The predicted molar refractivity (Wildman–Crippen MR) is 82.7 cm³/mol. The molecule has 1 aliphatic carbocycles. The van der Waals surface area contributed by atoms with Gasteiger partial charge in [-0.2, -0.15) is 0 Å². The second kappa shape index (κ2) is 5.46. The van der Waals surface area contributed by atoms with Crippen LogP contribution in [0.3, 0.4) is 0 Å². The number of hydrogen-bond donors (Lipinski definition) is 1. The van der Waals surface area contributed by atoms with Crippen molar-refractivity contribution in [3.63, 3.8) is 0 Å². The van der Waals surface area contributed by atoms with Gasteiger partial charge in [0.1, 0.15) is 6.04 Å². The van der Waals surface area contributed by atoms with E-state index >= 15 is 0 Å². The highest BCUT2D eigenvalue weighted by Gasteiger charge is 2.56. The predicted octanol–water partition coefficient (Wildman–Crippen LogP) is 0.395. The van der Waals surface area contributed by atoms with Crippen LogP contribution in [0.1, 0.15) is 24.6 Å². The van der Waals surface area contributed by atoms with Crippen molar-refractivity contribution in [1.29, 1.82) is 0 Å². The second-order valence-corrected chi connectivity index (χ2v) is 6.96. The molecule has 4 rings (SSSR count). The Morgan fingerprint density at radius 1 is 1.39 bits per heavy atom.